The first-order valence-corrected chi connectivity index (χ1v) is 9.95. The van der Waals surface area contributed by atoms with Crippen molar-refractivity contribution < 1.29 is 25.3 Å². The van der Waals surface area contributed by atoms with Crippen molar-refractivity contribution in [3.05, 3.63) is 28.3 Å². The highest BCUT2D eigenvalue weighted by atomic mass is 16.6. The van der Waals surface area contributed by atoms with Crippen LogP contribution < -0.4 is 10.6 Å². The second kappa shape index (κ2) is 11.6. The quantitative estimate of drug-likeness (QED) is 0.0949. The number of piperidine rings is 1. The summed E-state index contributed by atoms with van der Waals surface area (Å²) in [6, 6.07) is 3.87. The Morgan fingerprint density at radius 3 is 2.60 bits per heavy atom. The molecule has 11 nitrogen and oxygen atoms in total. The van der Waals surface area contributed by atoms with Gasteiger partial charge in [-0.1, -0.05) is 12.8 Å². The summed E-state index contributed by atoms with van der Waals surface area (Å²) in [6.45, 7) is 1.04. The van der Waals surface area contributed by atoms with Crippen LogP contribution in [0.15, 0.2) is 18.2 Å². The van der Waals surface area contributed by atoms with Crippen molar-refractivity contribution in [1.29, 1.82) is 5.26 Å². The Kier molecular flexibility index (Phi) is 9.22. The van der Waals surface area contributed by atoms with E-state index in [1.165, 1.54) is 6.07 Å². The number of benzene rings is 1. The number of nitrogens with one attached hydrogen (secondary N) is 2. The average molecular weight is 423 g/mol. The monoisotopic (exact) mass is 423 g/mol. The van der Waals surface area contributed by atoms with E-state index in [0.29, 0.717) is 24.5 Å². The van der Waals surface area contributed by atoms with Crippen molar-refractivity contribution in [1.82, 2.24) is 4.90 Å². The van der Waals surface area contributed by atoms with Crippen molar-refractivity contribution in [3.8, 4) is 6.19 Å². The standard InChI is InChI=1S/C19H29N5O6/c20-12-22-13-5-6-14(15(9-13)24(29)30)21-7-3-1-2-4-8-23-10-17(26)19(28)18(27)16(23)11-25/h5-6,9,16-19,21-22,25-28H,1-4,7-8,10-11H2/t16-,17+,18-,19-/m1/s1. The molecular weight excluding hydrogens is 394 g/mol. The summed E-state index contributed by atoms with van der Waals surface area (Å²) in [5.74, 6) is 0. The summed E-state index contributed by atoms with van der Waals surface area (Å²) >= 11 is 0. The third kappa shape index (κ3) is 6.25. The van der Waals surface area contributed by atoms with E-state index in [-0.39, 0.29) is 18.8 Å². The predicted octanol–water partition coefficient (Wildman–Crippen LogP) is 0.219. The molecule has 0 aromatic heterocycles. The number of nitro groups is 1. The van der Waals surface area contributed by atoms with Gasteiger partial charge in [-0.2, -0.15) is 5.26 Å². The van der Waals surface area contributed by atoms with Gasteiger partial charge in [-0.15, -0.1) is 0 Å². The highest BCUT2D eigenvalue weighted by Gasteiger charge is 2.40. The number of unbranched alkanes of at least 4 members (excludes halogenated alkanes) is 3. The topological polar surface area (TPSA) is 175 Å². The molecule has 0 saturated carbocycles. The Hall–Kier alpha value is -2.49. The summed E-state index contributed by atoms with van der Waals surface area (Å²) in [4.78, 5) is 12.5. The Morgan fingerprint density at radius 2 is 1.93 bits per heavy atom. The first-order valence-electron chi connectivity index (χ1n) is 9.95. The van der Waals surface area contributed by atoms with Gasteiger partial charge in [-0.05, 0) is 31.5 Å². The third-order valence-corrected chi connectivity index (χ3v) is 5.30. The zero-order valence-electron chi connectivity index (χ0n) is 16.6. The molecule has 1 fully saturated rings. The molecule has 0 amide bonds. The number of β-amino-alcohol motifs (C(OH)–C–C–N with tert-alkyl or cyclic N) is 1. The molecular formula is C19H29N5O6. The molecule has 0 aliphatic carbocycles. The second-order valence-corrected chi connectivity index (χ2v) is 7.36. The summed E-state index contributed by atoms with van der Waals surface area (Å²) in [5, 5.41) is 64.2. The van der Waals surface area contributed by atoms with Crippen LogP contribution in [-0.4, -0.2) is 80.8 Å². The van der Waals surface area contributed by atoms with Crippen LogP contribution in [0.3, 0.4) is 0 Å². The zero-order valence-corrected chi connectivity index (χ0v) is 16.6. The summed E-state index contributed by atoms with van der Waals surface area (Å²) in [6.07, 6.45) is 1.58. The molecule has 1 aliphatic heterocycles. The highest BCUT2D eigenvalue weighted by Crippen LogP contribution is 2.28. The first-order chi connectivity index (χ1) is 14.4. The SMILES string of the molecule is N#CNc1ccc(NCCCCCCN2C[C@H](O)[C@@H](O)[C@H](O)[C@H]2CO)c([N+](=O)[O-])c1. The fraction of sp³-hybridized carbons (Fsp3) is 0.632. The largest absolute Gasteiger partial charge is 0.395 e. The van der Waals surface area contributed by atoms with E-state index in [1.807, 2.05) is 0 Å². The number of rotatable bonds is 11. The Morgan fingerprint density at radius 1 is 1.20 bits per heavy atom. The van der Waals surface area contributed by atoms with Crippen LogP contribution >= 0.6 is 0 Å². The second-order valence-electron chi connectivity index (χ2n) is 7.36. The number of likely N-dealkylation sites (tertiary alicyclic amines) is 1. The minimum atomic E-state index is -1.25. The van der Waals surface area contributed by atoms with Crippen LogP contribution in [0.1, 0.15) is 25.7 Å². The molecule has 1 aromatic carbocycles. The number of aliphatic hydroxyl groups excluding tert-OH is 4. The molecule has 0 spiro atoms. The number of nitriles is 1. The molecule has 166 valence electrons. The molecule has 0 unspecified atom stereocenters. The van der Waals surface area contributed by atoms with Crippen LogP contribution in [0, 0.1) is 21.6 Å². The average Bonchev–Trinajstić information content (AvgIpc) is 2.72. The maximum Gasteiger partial charge on any atom is 0.294 e. The fourth-order valence-corrected chi connectivity index (χ4v) is 3.63. The first kappa shape index (κ1) is 23.8. The predicted molar refractivity (Wildman–Crippen MR) is 110 cm³/mol. The number of nitro benzene ring substituents is 1. The molecule has 0 radical (unpaired) electrons. The van der Waals surface area contributed by atoms with Gasteiger partial charge >= 0.3 is 0 Å². The summed E-state index contributed by atoms with van der Waals surface area (Å²) < 4.78 is 0. The zero-order chi connectivity index (χ0) is 22.1. The van der Waals surface area contributed by atoms with Gasteiger partial charge in [0.2, 0.25) is 0 Å². The maximum absolute atomic E-state index is 11.2. The highest BCUT2D eigenvalue weighted by molar-refractivity contribution is 5.68. The third-order valence-electron chi connectivity index (χ3n) is 5.30. The van der Waals surface area contributed by atoms with Gasteiger partial charge in [0, 0.05) is 19.2 Å². The lowest BCUT2D eigenvalue weighted by atomic mass is 9.94. The van der Waals surface area contributed by atoms with Crippen molar-refractivity contribution in [3.63, 3.8) is 0 Å². The summed E-state index contributed by atoms with van der Waals surface area (Å²) in [7, 11) is 0. The number of hydrogen-bond donors (Lipinski definition) is 6. The van der Waals surface area contributed by atoms with E-state index in [1.54, 1.807) is 23.2 Å². The van der Waals surface area contributed by atoms with Gasteiger partial charge in [0.1, 0.15) is 17.9 Å². The maximum atomic E-state index is 11.2. The van der Waals surface area contributed by atoms with E-state index in [4.69, 9.17) is 5.26 Å². The number of aliphatic hydroxyl groups is 4. The molecule has 6 N–H and O–H groups in total. The number of anilines is 2. The number of nitrogens with zero attached hydrogens (tertiary/aromatic N) is 3. The Labute approximate surface area is 174 Å². The van der Waals surface area contributed by atoms with Crippen molar-refractivity contribution in [2.24, 2.45) is 0 Å². The number of hydrogen-bond acceptors (Lipinski definition) is 10. The van der Waals surface area contributed by atoms with E-state index >= 15 is 0 Å². The Balaban J connectivity index is 1.71. The molecule has 1 saturated heterocycles. The van der Waals surface area contributed by atoms with Gasteiger partial charge < -0.3 is 25.7 Å². The molecule has 4 atom stereocenters. The van der Waals surface area contributed by atoms with E-state index in [0.717, 1.165) is 25.7 Å². The molecule has 1 aromatic rings. The van der Waals surface area contributed by atoms with E-state index < -0.39 is 29.3 Å². The fourth-order valence-electron chi connectivity index (χ4n) is 3.63. The normalized spacial score (nSPS) is 24.2. The van der Waals surface area contributed by atoms with Crippen LogP contribution in [-0.2, 0) is 0 Å². The lowest BCUT2D eigenvalue weighted by Crippen LogP contribution is -2.62. The molecule has 1 aliphatic rings. The van der Waals surface area contributed by atoms with Crippen LogP contribution in [0.25, 0.3) is 0 Å². The van der Waals surface area contributed by atoms with Crippen molar-refractivity contribution in [2.45, 2.75) is 50.0 Å². The minimum Gasteiger partial charge on any atom is -0.395 e. The lowest BCUT2D eigenvalue weighted by Gasteiger charge is -2.43. The van der Waals surface area contributed by atoms with Gasteiger partial charge in [0.25, 0.3) is 5.69 Å². The Bertz CT molecular complexity index is 743. The van der Waals surface area contributed by atoms with Crippen LogP contribution in [0.4, 0.5) is 17.1 Å². The molecule has 2 rings (SSSR count). The molecule has 0 bridgehead atoms. The van der Waals surface area contributed by atoms with Crippen molar-refractivity contribution in [2.75, 3.05) is 36.9 Å². The van der Waals surface area contributed by atoms with Crippen LogP contribution in [0.2, 0.25) is 0 Å². The minimum absolute atomic E-state index is 0.102. The molecule has 30 heavy (non-hydrogen) atoms. The summed E-state index contributed by atoms with van der Waals surface area (Å²) in [5.41, 5.74) is 0.648. The van der Waals surface area contributed by atoms with Gasteiger partial charge in [-0.3, -0.25) is 20.3 Å². The molecule has 11 heteroatoms. The van der Waals surface area contributed by atoms with Gasteiger partial charge in [0.05, 0.1) is 29.4 Å². The van der Waals surface area contributed by atoms with E-state index in [2.05, 4.69) is 10.6 Å². The molecule has 1 heterocycles. The van der Waals surface area contributed by atoms with E-state index in [9.17, 15) is 30.5 Å². The van der Waals surface area contributed by atoms with Gasteiger partial charge in [-0.25, -0.2) is 0 Å². The van der Waals surface area contributed by atoms with Crippen LogP contribution in [0.5, 0.6) is 0 Å². The van der Waals surface area contributed by atoms with Crippen molar-refractivity contribution >= 4 is 17.1 Å². The lowest BCUT2D eigenvalue weighted by molar-refractivity contribution is -0.383. The van der Waals surface area contributed by atoms with Gasteiger partial charge in [0.15, 0.2) is 6.19 Å². The smallest absolute Gasteiger partial charge is 0.294 e.